The number of amides is 1. The van der Waals surface area contributed by atoms with Crippen LogP contribution >= 0.6 is 23.1 Å². The Labute approximate surface area is 156 Å². The summed E-state index contributed by atoms with van der Waals surface area (Å²) in [5, 5.41) is 4.90. The standard InChI is InChI=1S/C17H20N2O3S3/c1-12-9-23-16(18-12)24-10-13-3-5-14(6-4-13)15(20)19-17(2)7-8-25(21,22)11-17/h3-6,9H,7-8,10-11H2,1-2H3,(H,19,20). The third-order valence-corrected chi connectivity index (χ3v) is 8.21. The highest BCUT2D eigenvalue weighted by Crippen LogP contribution is 2.26. The largest absolute Gasteiger partial charge is 0.346 e. The van der Waals surface area contributed by atoms with Crippen molar-refractivity contribution >= 4 is 38.8 Å². The number of carbonyl (C=O) groups is 1. The fourth-order valence-electron chi connectivity index (χ4n) is 2.75. The zero-order valence-electron chi connectivity index (χ0n) is 14.1. The van der Waals surface area contributed by atoms with Gasteiger partial charge in [-0.3, -0.25) is 4.79 Å². The lowest BCUT2D eigenvalue weighted by Crippen LogP contribution is -2.46. The Balaban J connectivity index is 1.59. The third-order valence-electron chi connectivity index (χ3n) is 4.10. The number of rotatable bonds is 5. The minimum absolute atomic E-state index is 0.00763. The van der Waals surface area contributed by atoms with Crippen molar-refractivity contribution in [3.8, 4) is 0 Å². The molecule has 8 heteroatoms. The molecule has 1 aromatic heterocycles. The molecule has 2 aromatic rings. The van der Waals surface area contributed by atoms with Gasteiger partial charge < -0.3 is 5.32 Å². The summed E-state index contributed by atoms with van der Waals surface area (Å²) in [6.07, 6.45) is 0.461. The van der Waals surface area contributed by atoms with E-state index in [0.717, 1.165) is 21.3 Å². The van der Waals surface area contributed by atoms with Gasteiger partial charge >= 0.3 is 0 Å². The van der Waals surface area contributed by atoms with E-state index in [9.17, 15) is 13.2 Å². The van der Waals surface area contributed by atoms with E-state index in [2.05, 4.69) is 10.3 Å². The molecule has 0 spiro atoms. The van der Waals surface area contributed by atoms with Crippen LogP contribution in [0.25, 0.3) is 0 Å². The Morgan fingerprint density at radius 2 is 2.08 bits per heavy atom. The fourth-order valence-corrected chi connectivity index (χ4v) is 6.65. The minimum Gasteiger partial charge on any atom is -0.346 e. The second-order valence-electron chi connectivity index (χ2n) is 6.60. The monoisotopic (exact) mass is 396 g/mol. The van der Waals surface area contributed by atoms with E-state index in [-0.39, 0.29) is 17.4 Å². The van der Waals surface area contributed by atoms with E-state index in [1.807, 2.05) is 24.4 Å². The van der Waals surface area contributed by atoms with Gasteiger partial charge in [-0.25, -0.2) is 13.4 Å². The van der Waals surface area contributed by atoms with Gasteiger partial charge in [-0.1, -0.05) is 23.9 Å². The molecule has 3 rings (SSSR count). The third kappa shape index (κ3) is 4.83. The van der Waals surface area contributed by atoms with Crippen LogP contribution in [-0.2, 0) is 15.6 Å². The van der Waals surface area contributed by atoms with Crippen molar-refractivity contribution in [2.24, 2.45) is 0 Å². The molecular formula is C17H20N2O3S3. The quantitative estimate of drug-likeness (QED) is 0.786. The predicted molar refractivity (Wildman–Crippen MR) is 102 cm³/mol. The van der Waals surface area contributed by atoms with E-state index >= 15 is 0 Å². The topological polar surface area (TPSA) is 76.1 Å². The van der Waals surface area contributed by atoms with Crippen LogP contribution in [0.5, 0.6) is 0 Å². The van der Waals surface area contributed by atoms with Crippen LogP contribution in [0.1, 0.15) is 35.0 Å². The maximum atomic E-state index is 12.4. The van der Waals surface area contributed by atoms with Crippen LogP contribution in [0.3, 0.4) is 0 Å². The number of thiazole rings is 1. The van der Waals surface area contributed by atoms with Crippen LogP contribution in [0.2, 0.25) is 0 Å². The average molecular weight is 397 g/mol. The summed E-state index contributed by atoms with van der Waals surface area (Å²) < 4.78 is 24.3. The first-order valence-electron chi connectivity index (χ1n) is 7.92. The molecule has 5 nitrogen and oxygen atoms in total. The molecule has 1 aliphatic heterocycles. The van der Waals surface area contributed by atoms with Gasteiger partial charge in [0.15, 0.2) is 9.84 Å². The molecule has 1 aromatic carbocycles. The number of nitrogens with zero attached hydrogens (tertiary/aromatic N) is 1. The normalized spacial score (nSPS) is 22.0. The van der Waals surface area contributed by atoms with Crippen LogP contribution in [-0.4, -0.2) is 36.4 Å². The lowest BCUT2D eigenvalue weighted by Gasteiger charge is -2.23. The van der Waals surface area contributed by atoms with Gasteiger partial charge in [-0.05, 0) is 38.0 Å². The van der Waals surface area contributed by atoms with Gasteiger partial charge in [-0.15, -0.1) is 11.3 Å². The number of benzene rings is 1. The van der Waals surface area contributed by atoms with Gasteiger partial charge in [0, 0.05) is 22.4 Å². The zero-order chi connectivity index (χ0) is 18.1. The summed E-state index contributed by atoms with van der Waals surface area (Å²) in [4.78, 5) is 16.8. The Hall–Kier alpha value is -1.38. The Bertz CT molecular complexity index is 875. The predicted octanol–water partition coefficient (Wildman–Crippen LogP) is 3.05. The molecule has 1 fully saturated rings. The molecule has 0 radical (unpaired) electrons. The van der Waals surface area contributed by atoms with Crippen molar-refractivity contribution in [2.75, 3.05) is 11.5 Å². The highest BCUT2D eigenvalue weighted by molar-refractivity contribution is 8.00. The number of aromatic nitrogens is 1. The summed E-state index contributed by atoms with van der Waals surface area (Å²) in [7, 11) is -3.04. The number of aryl methyl sites for hydroxylation is 1. The zero-order valence-corrected chi connectivity index (χ0v) is 16.6. The second-order valence-corrected chi connectivity index (χ2v) is 10.9. The molecule has 1 aliphatic rings. The smallest absolute Gasteiger partial charge is 0.251 e. The van der Waals surface area contributed by atoms with Gasteiger partial charge in [0.2, 0.25) is 0 Å². The van der Waals surface area contributed by atoms with Crippen LogP contribution in [0.4, 0.5) is 0 Å². The van der Waals surface area contributed by atoms with Crippen LogP contribution in [0, 0.1) is 6.92 Å². The lowest BCUT2D eigenvalue weighted by molar-refractivity contribution is 0.0915. The van der Waals surface area contributed by atoms with Crippen molar-refractivity contribution < 1.29 is 13.2 Å². The number of nitrogens with one attached hydrogen (secondary N) is 1. The SMILES string of the molecule is Cc1csc(SCc2ccc(C(=O)NC3(C)CCS(=O)(=O)C3)cc2)n1. The molecular weight excluding hydrogens is 376 g/mol. The fraction of sp³-hybridized carbons (Fsp3) is 0.412. The number of sulfone groups is 1. The summed E-state index contributed by atoms with van der Waals surface area (Å²) >= 11 is 3.31. The first kappa shape index (κ1) is 18.4. The van der Waals surface area contributed by atoms with E-state index in [1.165, 1.54) is 0 Å². The molecule has 134 valence electrons. The first-order valence-corrected chi connectivity index (χ1v) is 11.6. The van der Waals surface area contributed by atoms with E-state index in [1.54, 1.807) is 42.2 Å². The van der Waals surface area contributed by atoms with Crippen molar-refractivity contribution in [1.82, 2.24) is 10.3 Å². The number of hydrogen-bond acceptors (Lipinski definition) is 6. The van der Waals surface area contributed by atoms with Crippen molar-refractivity contribution in [3.05, 3.63) is 46.5 Å². The molecule has 1 atom stereocenters. The van der Waals surface area contributed by atoms with Crippen LogP contribution < -0.4 is 5.32 Å². The Kier molecular flexibility index (Phi) is 5.22. The van der Waals surface area contributed by atoms with E-state index in [0.29, 0.717) is 12.0 Å². The molecule has 0 saturated carbocycles. The molecule has 0 aliphatic carbocycles. The molecule has 1 amide bonds. The van der Waals surface area contributed by atoms with Gasteiger partial charge in [0.05, 0.1) is 17.0 Å². The average Bonchev–Trinajstić information content (AvgIpc) is 3.08. The van der Waals surface area contributed by atoms with Crippen molar-refractivity contribution in [1.29, 1.82) is 0 Å². The van der Waals surface area contributed by atoms with Crippen LogP contribution in [0.15, 0.2) is 34.0 Å². The Morgan fingerprint density at radius 1 is 1.36 bits per heavy atom. The highest BCUT2D eigenvalue weighted by atomic mass is 32.2. The lowest BCUT2D eigenvalue weighted by atomic mass is 10.0. The van der Waals surface area contributed by atoms with Crippen molar-refractivity contribution in [3.63, 3.8) is 0 Å². The molecule has 1 N–H and O–H groups in total. The minimum atomic E-state index is -3.04. The number of carbonyl (C=O) groups excluding carboxylic acids is 1. The number of thioether (sulfide) groups is 1. The maximum Gasteiger partial charge on any atom is 0.251 e. The van der Waals surface area contributed by atoms with Gasteiger partial charge in [0.1, 0.15) is 4.34 Å². The number of hydrogen-bond donors (Lipinski definition) is 1. The molecule has 2 heterocycles. The summed E-state index contributed by atoms with van der Waals surface area (Å²) in [5.74, 6) is 0.712. The first-order chi connectivity index (χ1) is 11.7. The summed E-state index contributed by atoms with van der Waals surface area (Å²) in [6, 6.07) is 7.42. The van der Waals surface area contributed by atoms with Crippen molar-refractivity contribution in [2.45, 2.75) is 35.9 Å². The molecule has 25 heavy (non-hydrogen) atoms. The van der Waals surface area contributed by atoms with Gasteiger partial charge in [0.25, 0.3) is 5.91 Å². The molecule has 1 saturated heterocycles. The highest BCUT2D eigenvalue weighted by Gasteiger charge is 2.39. The summed E-state index contributed by atoms with van der Waals surface area (Å²) in [5.41, 5.74) is 2.02. The maximum absolute atomic E-state index is 12.4. The molecule has 1 unspecified atom stereocenters. The molecule has 0 bridgehead atoms. The van der Waals surface area contributed by atoms with Gasteiger partial charge in [-0.2, -0.15) is 0 Å². The van der Waals surface area contributed by atoms with E-state index in [4.69, 9.17) is 0 Å². The second kappa shape index (κ2) is 7.09. The summed E-state index contributed by atoms with van der Waals surface area (Å²) in [6.45, 7) is 3.76. The van der Waals surface area contributed by atoms with E-state index < -0.39 is 15.4 Å². The Morgan fingerprint density at radius 3 is 2.64 bits per heavy atom.